The molecule has 2 rings (SSSR count). The van der Waals surface area contributed by atoms with E-state index in [-0.39, 0.29) is 0 Å². The smallest absolute Gasteiger partial charge is 0.183 e. The first-order valence-corrected chi connectivity index (χ1v) is 6.77. The Bertz CT molecular complexity index is 569. The van der Waals surface area contributed by atoms with Crippen LogP contribution in [0.25, 0.3) is 11.3 Å². The maximum Gasteiger partial charge on any atom is 0.183 e. The summed E-state index contributed by atoms with van der Waals surface area (Å²) in [6.45, 7) is 4.99. The molecule has 2 N–H and O–H groups in total. The fraction of sp³-hybridized carbons (Fsp3) is 0.308. The second-order valence-corrected chi connectivity index (χ2v) is 4.53. The lowest BCUT2D eigenvalue weighted by molar-refractivity contribution is 0.288. The van der Waals surface area contributed by atoms with Crippen LogP contribution in [0.4, 0.5) is 5.82 Å². The third-order valence-corrected chi connectivity index (χ3v) is 3.23. The highest BCUT2D eigenvalue weighted by Gasteiger charge is 2.15. The quantitative estimate of drug-likeness (QED) is 0.910. The van der Waals surface area contributed by atoms with E-state index in [1.807, 2.05) is 32.0 Å². The SMILES string of the molecule is CCOc1ccc(-c2onc(N)c2Br)cc1OCC. The Morgan fingerprint density at radius 3 is 2.47 bits per heavy atom. The number of nitrogens with two attached hydrogens (primary N) is 1. The van der Waals surface area contributed by atoms with Crippen LogP contribution in [0.3, 0.4) is 0 Å². The number of ether oxygens (including phenoxy) is 2. The van der Waals surface area contributed by atoms with Crippen molar-refractivity contribution >= 4 is 21.7 Å². The second kappa shape index (κ2) is 5.97. The molecule has 0 amide bonds. The third kappa shape index (κ3) is 2.84. The number of rotatable bonds is 5. The van der Waals surface area contributed by atoms with E-state index in [0.29, 0.717) is 40.8 Å². The fourth-order valence-electron chi connectivity index (χ4n) is 1.66. The van der Waals surface area contributed by atoms with Crippen molar-refractivity contribution in [1.82, 2.24) is 5.16 Å². The fourth-order valence-corrected chi connectivity index (χ4v) is 2.04. The molecular weight excluding hydrogens is 312 g/mol. The van der Waals surface area contributed by atoms with Crippen molar-refractivity contribution in [2.75, 3.05) is 18.9 Å². The number of hydrogen-bond acceptors (Lipinski definition) is 5. The van der Waals surface area contributed by atoms with Crippen LogP contribution in [-0.2, 0) is 0 Å². The molecule has 6 heteroatoms. The molecule has 5 nitrogen and oxygen atoms in total. The monoisotopic (exact) mass is 326 g/mol. The highest BCUT2D eigenvalue weighted by molar-refractivity contribution is 9.10. The average Bonchev–Trinajstić information content (AvgIpc) is 2.73. The number of aromatic nitrogens is 1. The van der Waals surface area contributed by atoms with Crippen LogP contribution < -0.4 is 15.2 Å². The van der Waals surface area contributed by atoms with E-state index in [2.05, 4.69) is 21.1 Å². The van der Waals surface area contributed by atoms with Crippen LogP contribution in [0, 0.1) is 0 Å². The van der Waals surface area contributed by atoms with Gasteiger partial charge in [-0.2, -0.15) is 0 Å². The van der Waals surface area contributed by atoms with Crippen LogP contribution in [0.1, 0.15) is 13.8 Å². The summed E-state index contributed by atoms with van der Waals surface area (Å²) in [6.07, 6.45) is 0. The van der Waals surface area contributed by atoms with Gasteiger partial charge in [-0.1, -0.05) is 5.16 Å². The molecule has 0 aliphatic heterocycles. The molecule has 0 radical (unpaired) electrons. The molecule has 1 aromatic carbocycles. The molecule has 0 fully saturated rings. The maximum absolute atomic E-state index is 5.64. The van der Waals surface area contributed by atoms with Gasteiger partial charge in [0.2, 0.25) is 0 Å². The Morgan fingerprint density at radius 2 is 1.89 bits per heavy atom. The maximum atomic E-state index is 5.64. The minimum atomic E-state index is 0.321. The molecule has 0 aliphatic rings. The third-order valence-electron chi connectivity index (χ3n) is 2.47. The zero-order valence-corrected chi connectivity index (χ0v) is 12.4. The highest BCUT2D eigenvalue weighted by Crippen LogP contribution is 2.37. The lowest BCUT2D eigenvalue weighted by atomic mass is 10.1. The van der Waals surface area contributed by atoms with Crippen molar-refractivity contribution in [3.05, 3.63) is 22.7 Å². The van der Waals surface area contributed by atoms with Gasteiger partial charge in [0.1, 0.15) is 4.47 Å². The van der Waals surface area contributed by atoms with Crippen molar-refractivity contribution in [3.63, 3.8) is 0 Å². The summed E-state index contributed by atoms with van der Waals surface area (Å²) in [5.74, 6) is 2.27. The van der Waals surface area contributed by atoms with Crippen molar-refractivity contribution in [2.24, 2.45) is 0 Å². The number of hydrogen-bond donors (Lipinski definition) is 1. The van der Waals surface area contributed by atoms with Crippen LogP contribution in [0.5, 0.6) is 11.5 Å². The minimum Gasteiger partial charge on any atom is -0.490 e. The number of nitrogens with zero attached hydrogens (tertiary/aromatic N) is 1. The van der Waals surface area contributed by atoms with Gasteiger partial charge in [-0.05, 0) is 48.0 Å². The van der Waals surface area contributed by atoms with Gasteiger partial charge in [-0.25, -0.2) is 0 Å². The molecule has 0 atom stereocenters. The molecule has 1 heterocycles. The topological polar surface area (TPSA) is 70.5 Å². The standard InChI is InChI=1S/C13H15BrN2O3/c1-3-17-9-6-5-8(7-10(9)18-4-2)12-11(14)13(15)16-19-12/h5-7H,3-4H2,1-2H3,(H2,15,16). The van der Waals surface area contributed by atoms with Gasteiger partial charge in [0.25, 0.3) is 0 Å². The van der Waals surface area contributed by atoms with Gasteiger partial charge in [0.05, 0.1) is 13.2 Å². The van der Waals surface area contributed by atoms with E-state index in [9.17, 15) is 0 Å². The lowest BCUT2D eigenvalue weighted by Gasteiger charge is -2.11. The first-order chi connectivity index (χ1) is 9.17. The molecule has 19 heavy (non-hydrogen) atoms. The van der Waals surface area contributed by atoms with E-state index in [0.717, 1.165) is 5.56 Å². The number of anilines is 1. The van der Waals surface area contributed by atoms with Crippen LogP contribution in [0.2, 0.25) is 0 Å². The van der Waals surface area contributed by atoms with Crippen LogP contribution in [-0.4, -0.2) is 18.4 Å². The average molecular weight is 327 g/mol. The predicted molar refractivity (Wildman–Crippen MR) is 76.4 cm³/mol. The molecule has 0 saturated heterocycles. The Morgan fingerprint density at radius 1 is 1.21 bits per heavy atom. The molecule has 0 bridgehead atoms. The summed E-state index contributed by atoms with van der Waals surface area (Å²) in [5, 5.41) is 3.71. The van der Waals surface area contributed by atoms with Gasteiger partial charge in [0.15, 0.2) is 23.1 Å². The first kappa shape index (κ1) is 13.7. The Labute approximate surface area is 119 Å². The Kier molecular flexibility index (Phi) is 4.31. The van der Waals surface area contributed by atoms with Gasteiger partial charge < -0.3 is 19.7 Å². The number of nitrogen functional groups attached to an aromatic ring is 1. The second-order valence-electron chi connectivity index (χ2n) is 3.74. The largest absolute Gasteiger partial charge is 0.490 e. The summed E-state index contributed by atoms with van der Waals surface area (Å²) in [4.78, 5) is 0. The zero-order valence-electron chi connectivity index (χ0n) is 10.8. The Balaban J connectivity index is 2.42. The van der Waals surface area contributed by atoms with Gasteiger partial charge in [-0.15, -0.1) is 0 Å². The molecule has 1 aromatic heterocycles. The summed E-state index contributed by atoms with van der Waals surface area (Å²) < 4.78 is 16.9. The molecule has 0 aliphatic carbocycles. The number of benzene rings is 1. The van der Waals surface area contributed by atoms with E-state index in [1.54, 1.807) is 0 Å². The molecule has 0 spiro atoms. The summed E-state index contributed by atoms with van der Waals surface area (Å²) in [7, 11) is 0. The molecule has 102 valence electrons. The normalized spacial score (nSPS) is 10.5. The van der Waals surface area contributed by atoms with Gasteiger partial charge in [0, 0.05) is 5.56 Å². The van der Waals surface area contributed by atoms with Crippen molar-refractivity contribution in [1.29, 1.82) is 0 Å². The Hall–Kier alpha value is -1.69. The van der Waals surface area contributed by atoms with Crippen LogP contribution in [0.15, 0.2) is 27.2 Å². The van der Waals surface area contributed by atoms with E-state index in [1.165, 1.54) is 0 Å². The summed E-state index contributed by atoms with van der Waals surface area (Å²) in [6, 6.07) is 5.56. The van der Waals surface area contributed by atoms with E-state index in [4.69, 9.17) is 19.7 Å². The summed E-state index contributed by atoms with van der Waals surface area (Å²) >= 11 is 3.35. The van der Waals surface area contributed by atoms with Crippen molar-refractivity contribution in [3.8, 4) is 22.8 Å². The molecular formula is C13H15BrN2O3. The number of halogens is 1. The molecule has 0 unspecified atom stereocenters. The zero-order chi connectivity index (χ0) is 13.8. The molecule has 2 aromatic rings. The highest BCUT2D eigenvalue weighted by atomic mass is 79.9. The van der Waals surface area contributed by atoms with Gasteiger partial charge >= 0.3 is 0 Å². The predicted octanol–water partition coefficient (Wildman–Crippen LogP) is 3.48. The minimum absolute atomic E-state index is 0.321. The van der Waals surface area contributed by atoms with E-state index < -0.39 is 0 Å². The first-order valence-electron chi connectivity index (χ1n) is 5.98. The molecule has 0 saturated carbocycles. The van der Waals surface area contributed by atoms with Gasteiger partial charge in [-0.3, -0.25) is 0 Å². The van der Waals surface area contributed by atoms with Crippen molar-refractivity contribution in [2.45, 2.75) is 13.8 Å². The van der Waals surface area contributed by atoms with E-state index >= 15 is 0 Å². The van der Waals surface area contributed by atoms with Crippen molar-refractivity contribution < 1.29 is 14.0 Å². The summed E-state index contributed by atoms with van der Waals surface area (Å²) in [5.41, 5.74) is 6.47. The van der Waals surface area contributed by atoms with Crippen LogP contribution >= 0.6 is 15.9 Å². The lowest BCUT2D eigenvalue weighted by Crippen LogP contribution is -1.98.